The smallest absolute Gasteiger partial charge is 0.251 e. The second-order valence-corrected chi connectivity index (χ2v) is 9.59. The molecule has 2 aromatic carbocycles. The SMILES string of the molecule is CCC(NC(=O)c1cccc(S(=O)(=O)N2CCCCC2)c1)c1ccc(OC)c(C)c1. The molecule has 1 aliphatic heterocycles. The number of sulfonamides is 1. The maximum atomic E-state index is 12.9. The highest BCUT2D eigenvalue weighted by molar-refractivity contribution is 7.89. The Kier molecular flexibility index (Phi) is 7.15. The lowest BCUT2D eigenvalue weighted by Crippen LogP contribution is -2.35. The average Bonchev–Trinajstić information content (AvgIpc) is 2.78. The van der Waals surface area contributed by atoms with Gasteiger partial charge < -0.3 is 10.1 Å². The number of piperidine rings is 1. The number of carbonyl (C=O) groups is 1. The number of hydrogen-bond acceptors (Lipinski definition) is 4. The highest BCUT2D eigenvalue weighted by atomic mass is 32.2. The van der Waals surface area contributed by atoms with Crippen LogP contribution in [-0.2, 0) is 10.0 Å². The Labute approximate surface area is 179 Å². The van der Waals surface area contributed by atoms with Crippen LogP contribution in [0.2, 0.25) is 0 Å². The molecule has 0 bridgehead atoms. The van der Waals surface area contributed by atoms with Crippen molar-refractivity contribution in [2.75, 3.05) is 20.2 Å². The number of hydrogen-bond donors (Lipinski definition) is 1. The molecule has 30 heavy (non-hydrogen) atoms. The van der Waals surface area contributed by atoms with Crippen LogP contribution in [0.1, 0.15) is 60.1 Å². The Balaban J connectivity index is 1.79. The average molecular weight is 431 g/mol. The predicted octanol–water partition coefficient (Wildman–Crippen LogP) is 4.06. The van der Waals surface area contributed by atoms with Crippen LogP contribution in [0.25, 0.3) is 0 Å². The first-order valence-electron chi connectivity index (χ1n) is 10.4. The van der Waals surface area contributed by atoms with E-state index in [2.05, 4.69) is 5.32 Å². The summed E-state index contributed by atoms with van der Waals surface area (Å²) in [6.45, 7) is 5.04. The first-order chi connectivity index (χ1) is 14.4. The van der Waals surface area contributed by atoms with Crippen LogP contribution in [0.4, 0.5) is 0 Å². The molecule has 0 aliphatic carbocycles. The molecular weight excluding hydrogens is 400 g/mol. The lowest BCUT2D eigenvalue weighted by molar-refractivity contribution is 0.0935. The third-order valence-corrected chi connectivity index (χ3v) is 7.48. The fourth-order valence-corrected chi connectivity index (χ4v) is 5.40. The second kappa shape index (κ2) is 9.62. The van der Waals surface area contributed by atoms with Crippen LogP contribution >= 0.6 is 0 Å². The summed E-state index contributed by atoms with van der Waals surface area (Å²) in [4.78, 5) is 13.1. The molecule has 6 nitrogen and oxygen atoms in total. The van der Waals surface area contributed by atoms with Crippen LogP contribution in [0, 0.1) is 6.92 Å². The van der Waals surface area contributed by atoms with Gasteiger partial charge in [0.05, 0.1) is 18.0 Å². The number of carbonyl (C=O) groups excluding carboxylic acids is 1. The van der Waals surface area contributed by atoms with Crippen LogP contribution in [0.3, 0.4) is 0 Å². The molecule has 1 N–H and O–H groups in total. The third-order valence-electron chi connectivity index (χ3n) is 5.58. The van der Waals surface area contributed by atoms with Gasteiger partial charge in [-0.15, -0.1) is 0 Å². The Hall–Kier alpha value is -2.38. The van der Waals surface area contributed by atoms with E-state index in [9.17, 15) is 13.2 Å². The van der Waals surface area contributed by atoms with Gasteiger partial charge in [-0.2, -0.15) is 4.31 Å². The van der Waals surface area contributed by atoms with Gasteiger partial charge in [-0.25, -0.2) is 8.42 Å². The largest absolute Gasteiger partial charge is 0.496 e. The van der Waals surface area contributed by atoms with Crippen LogP contribution in [0.15, 0.2) is 47.4 Å². The molecule has 2 aromatic rings. The fourth-order valence-electron chi connectivity index (χ4n) is 3.83. The molecular formula is C23H30N2O4S. The second-order valence-electron chi connectivity index (χ2n) is 7.66. The molecule has 3 rings (SSSR count). The maximum Gasteiger partial charge on any atom is 0.251 e. The van der Waals surface area contributed by atoms with E-state index in [1.165, 1.54) is 10.4 Å². The van der Waals surface area contributed by atoms with Crippen molar-refractivity contribution in [2.24, 2.45) is 0 Å². The quantitative estimate of drug-likeness (QED) is 0.719. The Bertz CT molecular complexity index is 998. The first-order valence-corrected chi connectivity index (χ1v) is 11.9. The normalized spacial score (nSPS) is 16.1. The lowest BCUT2D eigenvalue weighted by atomic mass is 10.0. The van der Waals surface area contributed by atoms with E-state index in [4.69, 9.17) is 4.74 Å². The number of benzene rings is 2. The third kappa shape index (κ3) is 4.84. The molecule has 0 radical (unpaired) electrons. The molecule has 1 heterocycles. The molecule has 1 fully saturated rings. The summed E-state index contributed by atoms with van der Waals surface area (Å²) in [7, 11) is -1.95. The zero-order valence-corrected chi connectivity index (χ0v) is 18.7. The summed E-state index contributed by atoms with van der Waals surface area (Å²) in [6, 6.07) is 12.0. The number of nitrogens with one attached hydrogen (secondary N) is 1. The topological polar surface area (TPSA) is 75.7 Å². The van der Waals surface area contributed by atoms with Crippen molar-refractivity contribution >= 4 is 15.9 Å². The van der Waals surface area contributed by atoms with Crippen LogP contribution in [0.5, 0.6) is 5.75 Å². The fraction of sp³-hybridized carbons (Fsp3) is 0.435. The van der Waals surface area contributed by atoms with Gasteiger partial charge in [0.1, 0.15) is 5.75 Å². The molecule has 0 spiro atoms. The molecule has 1 atom stereocenters. The van der Waals surface area contributed by atoms with Gasteiger partial charge in [0, 0.05) is 18.7 Å². The summed E-state index contributed by atoms with van der Waals surface area (Å²) in [6.07, 6.45) is 3.51. The Morgan fingerprint density at radius 1 is 1.13 bits per heavy atom. The summed E-state index contributed by atoms with van der Waals surface area (Å²) in [5.41, 5.74) is 2.33. The van der Waals surface area contributed by atoms with Gasteiger partial charge in [-0.05, 0) is 61.6 Å². The van der Waals surface area contributed by atoms with Crippen molar-refractivity contribution in [1.29, 1.82) is 0 Å². The number of ether oxygens (including phenoxy) is 1. The van der Waals surface area contributed by atoms with Crippen LogP contribution < -0.4 is 10.1 Å². The molecule has 1 saturated heterocycles. The number of methoxy groups -OCH3 is 1. The number of rotatable bonds is 7. The van der Waals surface area contributed by atoms with Gasteiger partial charge in [-0.1, -0.05) is 31.5 Å². The standard InChI is InChI=1S/C23H30N2O4S/c1-4-21(18-11-12-22(29-3)17(2)15-18)24-23(26)19-9-8-10-20(16-19)30(27,28)25-13-6-5-7-14-25/h8-12,15-16,21H,4-7,13-14H2,1-3H3,(H,24,26). The van der Waals surface area contributed by atoms with E-state index >= 15 is 0 Å². The van der Waals surface area contributed by atoms with Crippen molar-refractivity contribution in [1.82, 2.24) is 9.62 Å². The number of nitrogens with zero attached hydrogens (tertiary/aromatic N) is 1. The van der Waals surface area contributed by atoms with Crippen molar-refractivity contribution in [2.45, 2.75) is 50.5 Å². The van der Waals surface area contributed by atoms with Gasteiger partial charge in [-0.3, -0.25) is 4.79 Å². The monoisotopic (exact) mass is 430 g/mol. The zero-order valence-electron chi connectivity index (χ0n) is 17.8. The van der Waals surface area contributed by atoms with E-state index in [-0.39, 0.29) is 16.8 Å². The Morgan fingerprint density at radius 3 is 2.50 bits per heavy atom. The number of amides is 1. The van der Waals surface area contributed by atoms with Crippen LogP contribution in [-0.4, -0.2) is 38.8 Å². The van der Waals surface area contributed by atoms with Gasteiger partial charge in [0.25, 0.3) is 5.91 Å². The molecule has 1 aliphatic rings. The van der Waals surface area contributed by atoms with Crippen molar-refractivity contribution in [3.8, 4) is 5.75 Å². The van der Waals surface area contributed by atoms with Gasteiger partial charge in [0.2, 0.25) is 10.0 Å². The molecule has 7 heteroatoms. The molecule has 0 aromatic heterocycles. The van der Waals surface area contributed by atoms with Crippen molar-refractivity contribution < 1.29 is 17.9 Å². The van der Waals surface area contributed by atoms with E-state index in [1.54, 1.807) is 25.3 Å². The predicted molar refractivity (Wildman–Crippen MR) is 117 cm³/mol. The van der Waals surface area contributed by atoms with E-state index < -0.39 is 10.0 Å². The highest BCUT2D eigenvalue weighted by Crippen LogP contribution is 2.25. The van der Waals surface area contributed by atoms with Crippen molar-refractivity contribution in [3.63, 3.8) is 0 Å². The minimum atomic E-state index is -3.58. The zero-order chi connectivity index (χ0) is 21.7. The summed E-state index contributed by atoms with van der Waals surface area (Å²) in [5.74, 6) is 0.515. The summed E-state index contributed by atoms with van der Waals surface area (Å²) >= 11 is 0. The van der Waals surface area contributed by atoms with E-state index in [0.717, 1.165) is 36.1 Å². The lowest BCUT2D eigenvalue weighted by Gasteiger charge is -2.26. The highest BCUT2D eigenvalue weighted by Gasteiger charge is 2.26. The minimum Gasteiger partial charge on any atom is -0.496 e. The Morgan fingerprint density at radius 2 is 1.87 bits per heavy atom. The van der Waals surface area contributed by atoms with E-state index in [1.807, 2.05) is 32.0 Å². The summed E-state index contributed by atoms with van der Waals surface area (Å²) in [5, 5.41) is 3.03. The maximum absolute atomic E-state index is 12.9. The molecule has 1 amide bonds. The van der Waals surface area contributed by atoms with Gasteiger partial charge in [0.15, 0.2) is 0 Å². The number of aryl methyl sites for hydroxylation is 1. The molecule has 0 saturated carbocycles. The van der Waals surface area contributed by atoms with Gasteiger partial charge >= 0.3 is 0 Å². The van der Waals surface area contributed by atoms with E-state index in [0.29, 0.717) is 25.1 Å². The first kappa shape index (κ1) is 22.3. The minimum absolute atomic E-state index is 0.172. The molecule has 162 valence electrons. The summed E-state index contributed by atoms with van der Waals surface area (Å²) < 4.78 is 32.7. The molecule has 1 unspecified atom stereocenters. The van der Waals surface area contributed by atoms with Crippen molar-refractivity contribution in [3.05, 3.63) is 59.2 Å².